The zero-order valence-corrected chi connectivity index (χ0v) is 20.0. The number of rotatable bonds is 5. The van der Waals surface area contributed by atoms with Gasteiger partial charge in [-0.25, -0.2) is 0 Å². The van der Waals surface area contributed by atoms with E-state index < -0.39 is 10.0 Å². The van der Waals surface area contributed by atoms with Crippen molar-refractivity contribution in [1.29, 1.82) is 0 Å². The number of amidine groups is 1. The lowest BCUT2D eigenvalue weighted by Crippen LogP contribution is -2.47. The fourth-order valence-electron chi connectivity index (χ4n) is 4.82. The Morgan fingerprint density at radius 3 is 2.79 bits per heavy atom. The minimum absolute atomic E-state index is 0.105. The number of amides is 1. The molecule has 2 aromatic rings. The summed E-state index contributed by atoms with van der Waals surface area (Å²) in [5.74, 6) is 0.295. The van der Waals surface area contributed by atoms with E-state index in [0.717, 1.165) is 45.4 Å². The molecule has 1 atom stereocenters. The van der Waals surface area contributed by atoms with Gasteiger partial charge in [0.2, 0.25) is 0 Å². The van der Waals surface area contributed by atoms with Gasteiger partial charge in [0, 0.05) is 44.7 Å². The summed E-state index contributed by atoms with van der Waals surface area (Å²) in [6.45, 7) is 4.13. The Hall–Kier alpha value is -2.75. The number of fused-ring (bicyclic) bond motifs is 3. The first-order valence-electron chi connectivity index (χ1n) is 11.9. The molecule has 5 rings (SSSR count). The number of benzene rings is 2. The molecule has 1 amide bonds. The molecular formula is C25H30N4O4S. The first-order valence-corrected chi connectivity index (χ1v) is 13.4. The number of nitrogens with zero attached hydrogens (tertiary/aromatic N) is 3. The normalized spacial score (nSPS) is 22.2. The lowest BCUT2D eigenvalue weighted by atomic mass is 10.1. The second kappa shape index (κ2) is 9.85. The summed E-state index contributed by atoms with van der Waals surface area (Å²) in [5.41, 5.74) is 2.18. The summed E-state index contributed by atoms with van der Waals surface area (Å²) in [6.07, 6.45) is 3.52. The van der Waals surface area contributed by atoms with E-state index in [1.165, 1.54) is 11.6 Å². The number of carbonyl (C=O) groups is 1. The van der Waals surface area contributed by atoms with Crippen LogP contribution in [0.2, 0.25) is 0 Å². The van der Waals surface area contributed by atoms with Crippen LogP contribution in [0.15, 0.2) is 57.8 Å². The second-order valence-electron chi connectivity index (χ2n) is 9.05. The number of ether oxygens (including phenoxy) is 1. The molecule has 3 aliphatic heterocycles. The van der Waals surface area contributed by atoms with Gasteiger partial charge >= 0.3 is 0 Å². The summed E-state index contributed by atoms with van der Waals surface area (Å²) < 4.78 is 35.6. The lowest BCUT2D eigenvalue weighted by molar-refractivity contribution is -0.0292. The maximum absolute atomic E-state index is 12.9. The summed E-state index contributed by atoms with van der Waals surface area (Å²) in [6, 6.07) is 15.2. The van der Waals surface area contributed by atoms with Crippen LogP contribution in [-0.4, -0.2) is 64.0 Å². The number of morpholine rings is 1. The van der Waals surface area contributed by atoms with Crippen LogP contribution < -0.4 is 10.2 Å². The van der Waals surface area contributed by atoms with Crippen molar-refractivity contribution in [2.45, 2.75) is 43.2 Å². The smallest absolute Gasteiger partial charge is 0.286 e. The van der Waals surface area contributed by atoms with E-state index in [0.29, 0.717) is 36.7 Å². The maximum Gasteiger partial charge on any atom is 0.286 e. The first kappa shape index (κ1) is 23.0. The Morgan fingerprint density at radius 2 is 1.94 bits per heavy atom. The number of hydrogen-bond acceptors (Lipinski definition) is 6. The number of nitrogens with one attached hydrogen (secondary N) is 1. The van der Waals surface area contributed by atoms with Crippen LogP contribution in [0.4, 0.5) is 5.69 Å². The average molecular weight is 483 g/mol. The van der Waals surface area contributed by atoms with Gasteiger partial charge in [0.15, 0.2) is 0 Å². The van der Waals surface area contributed by atoms with Crippen molar-refractivity contribution in [2.75, 3.05) is 37.7 Å². The molecule has 0 aliphatic carbocycles. The van der Waals surface area contributed by atoms with Crippen LogP contribution in [0.3, 0.4) is 0 Å². The highest BCUT2D eigenvalue weighted by atomic mass is 32.2. The van der Waals surface area contributed by atoms with E-state index >= 15 is 0 Å². The summed E-state index contributed by atoms with van der Waals surface area (Å²) in [4.78, 5) is 17.3. The van der Waals surface area contributed by atoms with E-state index in [4.69, 9.17) is 4.74 Å². The third kappa shape index (κ3) is 5.01. The fraction of sp³-hybridized carbons (Fsp3) is 0.440. The fourth-order valence-corrected chi connectivity index (χ4v) is 6.10. The Morgan fingerprint density at radius 1 is 1.09 bits per heavy atom. The van der Waals surface area contributed by atoms with Crippen molar-refractivity contribution in [1.82, 2.24) is 10.2 Å². The molecule has 2 aromatic carbocycles. The molecular weight excluding hydrogens is 452 g/mol. The quantitative estimate of drug-likeness (QED) is 0.705. The number of carbonyl (C=O) groups excluding carboxylic acids is 1. The van der Waals surface area contributed by atoms with Crippen LogP contribution >= 0.6 is 0 Å². The number of anilines is 1. The average Bonchev–Trinajstić information content (AvgIpc) is 3.08. The van der Waals surface area contributed by atoms with Crippen molar-refractivity contribution >= 4 is 27.5 Å². The largest absolute Gasteiger partial charge is 0.374 e. The Bertz CT molecular complexity index is 1180. The highest BCUT2D eigenvalue weighted by molar-refractivity contribution is 7.90. The van der Waals surface area contributed by atoms with E-state index in [-0.39, 0.29) is 16.9 Å². The molecule has 0 bridgehead atoms. The van der Waals surface area contributed by atoms with Gasteiger partial charge in [-0.3, -0.25) is 9.69 Å². The Balaban J connectivity index is 1.24. The summed E-state index contributed by atoms with van der Waals surface area (Å²) in [7, 11) is -3.82. The zero-order chi connectivity index (χ0) is 23.5. The van der Waals surface area contributed by atoms with Gasteiger partial charge in [-0.1, -0.05) is 36.8 Å². The van der Waals surface area contributed by atoms with Gasteiger partial charge in [0.25, 0.3) is 15.9 Å². The van der Waals surface area contributed by atoms with Gasteiger partial charge in [-0.05, 0) is 36.6 Å². The zero-order valence-electron chi connectivity index (χ0n) is 19.2. The molecule has 0 radical (unpaired) electrons. The molecule has 0 saturated carbocycles. The molecule has 3 aliphatic rings. The highest BCUT2D eigenvalue weighted by Crippen LogP contribution is 2.35. The molecule has 2 saturated heterocycles. The number of sulfonamides is 1. The van der Waals surface area contributed by atoms with Crippen molar-refractivity contribution in [3.05, 3.63) is 59.7 Å². The molecule has 1 unspecified atom stereocenters. The second-order valence-corrected chi connectivity index (χ2v) is 10.6. The maximum atomic E-state index is 12.9. The SMILES string of the molecule is O=C(NCC1CN(Cc2ccccc2)CCO1)c1ccc2c(c1)S(=O)(=O)N=C1CCCCCN12. The Labute approximate surface area is 200 Å². The topological polar surface area (TPSA) is 91.3 Å². The molecule has 1 N–H and O–H groups in total. The van der Waals surface area contributed by atoms with Crippen molar-refractivity contribution in [3.8, 4) is 0 Å². The minimum Gasteiger partial charge on any atom is -0.374 e. The van der Waals surface area contributed by atoms with Gasteiger partial charge in [0.05, 0.1) is 18.4 Å². The molecule has 2 fully saturated rings. The summed E-state index contributed by atoms with van der Waals surface area (Å²) >= 11 is 0. The third-order valence-corrected chi connectivity index (χ3v) is 7.91. The molecule has 0 spiro atoms. The van der Waals surface area contributed by atoms with Crippen molar-refractivity contribution in [3.63, 3.8) is 0 Å². The molecule has 9 heteroatoms. The molecule has 0 aromatic heterocycles. The van der Waals surface area contributed by atoms with Crippen molar-refractivity contribution < 1.29 is 17.9 Å². The monoisotopic (exact) mass is 482 g/mol. The minimum atomic E-state index is -3.82. The van der Waals surface area contributed by atoms with Crippen LogP contribution in [0.25, 0.3) is 0 Å². The van der Waals surface area contributed by atoms with Crippen LogP contribution in [0.5, 0.6) is 0 Å². The predicted molar refractivity (Wildman–Crippen MR) is 131 cm³/mol. The third-order valence-electron chi connectivity index (χ3n) is 6.57. The van der Waals surface area contributed by atoms with Gasteiger partial charge < -0.3 is 15.0 Å². The van der Waals surface area contributed by atoms with E-state index in [9.17, 15) is 13.2 Å². The van der Waals surface area contributed by atoms with E-state index in [1.54, 1.807) is 12.1 Å². The van der Waals surface area contributed by atoms with Gasteiger partial charge in [-0.15, -0.1) is 4.40 Å². The van der Waals surface area contributed by atoms with Gasteiger partial charge in [-0.2, -0.15) is 8.42 Å². The van der Waals surface area contributed by atoms with Crippen LogP contribution in [0, 0.1) is 0 Å². The van der Waals surface area contributed by atoms with E-state index in [1.807, 2.05) is 23.1 Å². The van der Waals surface area contributed by atoms with Crippen LogP contribution in [-0.2, 0) is 21.3 Å². The predicted octanol–water partition coefficient (Wildman–Crippen LogP) is 2.80. The standard InChI is InChI=1S/C25H30N4O4S/c30-25(26-16-21-18-28(13-14-33-21)17-19-7-3-1-4-8-19)20-10-11-22-23(15-20)34(31,32)27-24-9-5-2-6-12-29(22)24/h1,3-4,7-8,10-11,15,21H,2,5-6,9,12-14,16-18H2,(H,26,30). The van der Waals surface area contributed by atoms with Crippen LogP contribution in [0.1, 0.15) is 41.6 Å². The first-order chi connectivity index (χ1) is 16.5. The molecule has 34 heavy (non-hydrogen) atoms. The summed E-state index contributed by atoms with van der Waals surface area (Å²) in [5, 5.41) is 2.92. The molecule has 180 valence electrons. The van der Waals surface area contributed by atoms with Gasteiger partial charge in [0.1, 0.15) is 10.7 Å². The molecule has 8 nitrogen and oxygen atoms in total. The Kier molecular flexibility index (Phi) is 6.67. The molecule has 3 heterocycles. The van der Waals surface area contributed by atoms with E-state index in [2.05, 4.69) is 26.7 Å². The van der Waals surface area contributed by atoms with Crippen molar-refractivity contribution in [2.24, 2.45) is 4.40 Å². The lowest BCUT2D eigenvalue weighted by Gasteiger charge is -2.33. The number of hydrogen-bond donors (Lipinski definition) is 1. The highest BCUT2D eigenvalue weighted by Gasteiger charge is 2.32.